The van der Waals surface area contributed by atoms with Gasteiger partial charge in [0.1, 0.15) is 0 Å². The maximum absolute atomic E-state index is 5.37. The number of nitrogens with one attached hydrogen (secondary N) is 2. The number of thiocarbonyl (C=S) groups is 1. The first kappa shape index (κ1) is 15.0. The van der Waals surface area contributed by atoms with E-state index < -0.39 is 0 Å². The molecule has 0 heterocycles. The van der Waals surface area contributed by atoms with Crippen molar-refractivity contribution >= 4 is 17.3 Å². The SMILES string of the molecule is CCOCCCNC(=S)NC(C)C1CC2CCC1C2. The molecule has 0 saturated heterocycles. The van der Waals surface area contributed by atoms with Crippen molar-refractivity contribution in [2.24, 2.45) is 17.8 Å². The van der Waals surface area contributed by atoms with Gasteiger partial charge in [-0.3, -0.25) is 0 Å². The van der Waals surface area contributed by atoms with Crippen molar-refractivity contribution in [3.8, 4) is 0 Å². The topological polar surface area (TPSA) is 33.3 Å². The molecule has 3 nitrogen and oxygen atoms in total. The molecular formula is C15H28N2OS. The maximum Gasteiger partial charge on any atom is 0.166 e. The van der Waals surface area contributed by atoms with Gasteiger partial charge in [-0.1, -0.05) is 6.42 Å². The van der Waals surface area contributed by atoms with Gasteiger partial charge >= 0.3 is 0 Å². The molecule has 4 atom stereocenters. The molecule has 2 aliphatic rings. The van der Waals surface area contributed by atoms with Crippen LogP contribution in [0.15, 0.2) is 0 Å². The van der Waals surface area contributed by atoms with Crippen molar-refractivity contribution in [1.29, 1.82) is 0 Å². The highest BCUT2D eigenvalue weighted by molar-refractivity contribution is 7.80. The third-order valence-electron chi connectivity index (χ3n) is 4.75. The second-order valence-corrected chi connectivity index (χ2v) is 6.49. The highest BCUT2D eigenvalue weighted by atomic mass is 32.1. The Morgan fingerprint density at radius 2 is 2.21 bits per heavy atom. The Balaban J connectivity index is 1.59. The standard InChI is InChI=1S/C15H28N2OS/c1-3-18-8-4-7-16-15(19)17-11(2)14-10-12-5-6-13(14)9-12/h11-14H,3-10H2,1-2H3,(H2,16,17,19). The van der Waals surface area contributed by atoms with Crippen LogP contribution < -0.4 is 10.6 Å². The molecule has 4 heteroatoms. The van der Waals surface area contributed by atoms with Crippen molar-refractivity contribution in [1.82, 2.24) is 10.6 Å². The Morgan fingerprint density at radius 3 is 2.84 bits per heavy atom. The van der Waals surface area contributed by atoms with E-state index in [-0.39, 0.29) is 0 Å². The highest BCUT2D eigenvalue weighted by Crippen LogP contribution is 2.49. The third-order valence-corrected chi connectivity index (χ3v) is 5.01. The quantitative estimate of drug-likeness (QED) is 0.556. The largest absolute Gasteiger partial charge is 0.382 e. The lowest BCUT2D eigenvalue weighted by molar-refractivity contribution is 0.145. The lowest BCUT2D eigenvalue weighted by Crippen LogP contribution is -2.45. The second-order valence-electron chi connectivity index (χ2n) is 6.08. The molecule has 0 spiro atoms. The zero-order chi connectivity index (χ0) is 13.7. The van der Waals surface area contributed by atoms with Crippen molar-refractivity contribution in [2.45, 2.75) is 52.0 Å². The summed E-state index contributed by atoms with van der Waals surface area (Å²) in [5.41, 5.74) is 0. The van der Waals surface area contributed by atoms with Gasteiger partial charge in [-0.2, -0.15) is 0 Å². The van der Waals surface area contributed by atoms with Crippen molar-refractivity contribution in [3.05, 3.63) is 0 Å². The molecule has 19 heavy (non-hydrogen) atoms. The monoisotopic (exact) mass is 284 g/mol. The first-order valence-corrected chi connectivity index (χ1v) is 8.23. The molecule has 2 saturated carbocycles. The summed E-state index contributed by atoms with van der Waals surface area (Å²) >= 11 is 5.37. The summed E-state index contributed by atoms with van der Waals surface area (Å²) in [5, 5.41) is 7.57. The zero-order valence-electron chi connectivity index (χ0n) is 12.3. The van der Waals surface area contributed by atoms with Gasteiger partial charge in [-0.05, 0) is 69.5 Å². The van der Waals surface area contributed by atoms with Crippen LogP contribution in [-0.2, 0) is 4.74 Å². The highest BCUT2D eigenvalue weighted by Gasteiger charge is 2.41. The van der Waals surface area contributed by atoms with Crippen LogP contribution in [0, 0.1) is 17.8 Å². The first-order chi connectivity index (χ1) is 9.20. The minimum atomic E-state index is 0.516. The molecule has 0 aliphatic heterocycles. The molecule has 2 bridgehead atoms. The summed E-state index contributed by atoms with van der Waals surface area (Å²) in [7, 11) is 0. The van der Waals surface area contributed by atoms with E-state index in [1.54, 1.807) is 0 Å². The minimum absolute atomic E-state index is 0.516. The number of fused-ring (bicyclic) bond motifs is 2. The fourth-order valence-electron chi connectivity index (χ4n) is 3.79. The predicted octanol–water partition coefficient (Wildman–Crippen LogP) is 2.70. The van der Waals surface area contributed by atoms with E-state index >= 15 is 0 Å². The van der Waals surface area contributed by atoms with Crippen LogP contribution in [0.25, 0.3) is 0 Å². The van der Waals surface area contributed by atoms with Crippen LogP contribution in [0.1, 0.15) is 46.0 Å². The van der Waals surface area contributed by atoms with Crippen LogP contribution in [0.5, 0.6) is 0 Å². The second kappa shape index (κ2) is 7.44. The Bertz CT molecular complexity index is 298. The van der Waals surface area contributed by atoms with Crippen molar-refractivity contribution in [2.75, 3.05) is 19.8 Å². The van der Waals surface area contributed by atoms with Crippen LogP contribution >= 0.6 is 12.2 Å². The van der Waals surface area contributed by atoms with Gasteiger partial charge in [-0.25, -0.2) is 0 Å². The van der Waals surface area contributed by atoms with Gasteiger partial charge < -0.3 is 15.4 Å². The van der Waals surface area contributed by atoms with Crippen LogP contribution in [-0.4, -0.2) is 30.9 Å². The van der Waals surface area contributed by atoms with E-state index in [2.05, 4.69) is 17.6 Å². The van der Waals surface area contributed by atoms with Crippen LogP contribution in [0.4, 0.5) is 0 Å². The molecule has 2 fully saturated rings. The summed E-state index contributed by atoms with van der Waals surface area (Å²) in [5.74, 6) is 2.79. The minimum Gasteiger partial charge on any atom is -0.382 e. The Labute approximate surface area is 122 Å². The summed E-state index contributed by atoms with van der Waals surface area (Å²) < 4.78 is 5.31. The molecule has 0 radical (unpaired) electrons. The molecule has 0 aromatic heterocycles. The van der Waals surface area contributed by atoms with Gasteiger partial charge in [-0.15, -0.1) is 0 Å². The molecule has 2 rings (SSSR count). The summed E-state index contributed by atoms with van der Waals surface area (Å²) in [6.45, 7) is 6.82. The molecule has 2 aliphatic carbocycles. The molecule has 2 N–H and O–H groups in total. The van der Waals surface area contributed by atoms with E-state index in [0.717, 1.165) is 49.0 Å². The molecule has 4 unspecified atom stereocenters. The average Bonchev–Trinajstić information content (AvgIpc) is 3.00. The van der Waals surface area contributed by atoms with Gasteiger partial charge in [0, 0.05) is 25.8 Å². The van der Waals surface area contributed by atoms with Gasteiger partial charge in [0.15, 0.2) is 5.11 Å². The molecule has 0 aromatic rings. The third kappa shape index (κ3) is 4.32. The predicted molar refractivity (Wildman–Crippen MR) is 83.2 cm³/mol. The fourth-order valence-corrected chi connectivity index (χ4v) is 4.08. The Morgan fingerprint density at radius 1 is 1.37 bits per heavy atom. The summed E-state index contributed by atoms with van der Waals surface area (Å²) in [6.07, 6.45) is 6.79. The number of rotatable bonds is 7. The fraction of sp³-hybridized carbons (Fsp3) is 0.933. The Hall–Kier alpha value is -0.350. The van der Waals surface area contributed by atoms with E-state index in [4.69, 9.17) is 17.0 Å². The normalized spacial score (nSPS) is 30.3. The Kier molecular flexibility index (Phi) is 5.89. The van der Waals surface area contributed by atoms with Gasteiger partial charge in [0.25, 0.3) is 0 Å². The van der Waals surface area contributed by atoms with E-state index in [0.29, 0.717) is 6.04 Å². The molecular weight excluding hydrogens is 256 g/mol. The van der Waals surface area contributed by atoms with E-state index in [1.807, 2.05) is 6.92 Å². The lowest BCUT2D eigenvalue weighted by Gasteiger charge is -2.29. The zero-order valence-corrected chi connectivity index (χ0v) is 13.1. The number of hydrogen-bond donors (Lipinski definition) is 2. The average molecular weight is 284 g/mol. The van der Waals surface area contributed by atoms with E-state index in [1.165, 1.54) is 25.7 Å². The van der Waals surface area contributed by atoms with Crippen LogP contribution in [0.2, 0.25) is 0 Å². The van der Waals surface area contributed by atoms with E-state index in [9.17, 15) is 0 Å². The number of ether oxygens (including phenoxy) is 1. The van der Waals surface area contributed by atoms with Crippen molar-refractivity contribution in [3.63, 3.8) is 0 Å². The van der Waals surface area contributed by atoms with Gasteiger partial charge in [0.2, 0.25) is 0 Å². The molecule has 0 amide bonds. The smallest absolute Gasteiger partial charge is 0.166 e. The first-order valence-electron chi connectivity index (χ1n) is 7.82. The maximum atomic E-state index is 5.37. The number of hydrogen-bond acceptors (Lipinski definition) is 2. The lowest BCUT2D eigenvalue weighted by atomic mass is 9.84. The van der Waals surface area contributed by atoms with Crippen LogP contribution in [0.3, 0.4) is 0 Å². The molecule has 110 valence electrons. The van der Waals surface area contributed by atoms with Crippen molar-refractivity contribution < 1.29 is 4.74 Å². The summed E-state index contributed by atoms with van der Waals surface area (Å²) in [6, 6.07) is 0.516. The summed E-state index contributed by atoms with van der Waals surface area (Å²) in [4.78, 5) is 0. The van der Waals surface area contributed by atoms with Gasteiger partial charge in [0.05, 0.1) is 0 Å². The molecule has 0 aromatic carbocycles.